The highest BCUT2D eigenvalue weighted by Gasteiger charge is 2.42. The number of nitrogens with zero attached hydrogens (tertiary/aromatic N) is 2. The second kappa shape index (κ2) is 5.03. The van der Waals surface area contributed by atoms with Gasteiger partial charge < -0.3 is 10.6 Å². The van der Waals surface area contributed by atoms with Crippen LogP contribution >= 0.6 is 0 Å². The van der Waals surface area contributed by atoms with Crippen molar-refractivity contribution in [1.29, 1.82) is 0 Å². The Labute approximate surface area is 100.0 Å². The molecule has 0 aromatic carbocycles. The molecule has 2 unspecified atom stereocenters. The summed E-state index contributed by atoms with van der Waals surface area (Å²) in [6.07, 6.45) is 5.45. The maximum Gasteiger partial charge on any atom is 0.0358 e. The highest BCUT2D eigenvalue weighted by Crippen LogP contribution is 2.38. The third kappa shape index (κ3) is 2.13. The number of hydrogen-bond donors (Lipinski definition) is 1. The monoisotopic (exact) mass is 225 g/mol. The quantitative estimate of drug-likeness (QED) is 0.765. The van der Waals surface area contributed by atoms with Crippen LogP contribution in [0.4, 0.5) is 0 Å². The molecule has 0 spiro atoms. The van der Waals surface area contributed by atoms with Crippen molar-refractivity contribution >= 4 is 0 Å². The van der Waals surface area contributed by atoms with E-state index in [0.29, 0.717) is 5.54 Å². The molecule has 2 rings (SSSR count). The molecule has 0 aromatic heterocycles. The SMILES string of the molecule is CC1CCCCC1(CN)N1CCN(C)CC1. The van der Waals surface area contributed by atoms with Gasteiger partial charge in [-0.1, -0.05) is 19.8 Å². The summed E-state index contributed by atoms with van der Waals surface area (Å²) in [4.78, 5) is 5.12. The van der Waals surface area contributed by atoms with Gasteiger partial charge in [0.15, 0.2) is 0 Å². The number of rotatable bonds is 2. The molecule has 0 radical (unpaired) electrons. The third-order valence-corrected chi connectivity index (χ3v) is 4.90. The third-order valence-electron chi connectivity index (χ3n) is 4.90. The van der Waals surface area contributed by atoms with E-state index in [1.165, 1.54) is 51.9 Å². The van der Waals surface area contributed by atoms with E-state index in [4.69, 9.17) is 5.73 Å². The van der Waals surface area contributed by atoms with E-state index < -0.39 is 0 Å². The molecular weight excluding hydrogens is 198 g/mol. The zero-order valence-corrected chi connectivity index (χ0v) is 10.9. The van der Waals surface area contributed by atoms with Crippen LogP contribution < -0.4 is 5.73 Å². The van der Waals surface area contributed by atoms with Gasteiger partial charge >= 0.3 is 0 Å². The van der Waals surface area contributed by atoms with Gasteiger partial charge in [0.1, 0.15) is 0 Å². The molecule has 2 N–H and O–H groups in total. The summed E-state index contributed by atoms with van der Waals surface area (Å²) >= 11 is 0. The van der Waals surface area contributed by atoms with Crippen LogP contribution in [-0.2, 0) is 0 Å². The molecule has 2 atom stereocenters. The lowest BCUT2D eigenvalue weighted by molar-refractivity contribution is -0.0146. The molecule has 1 aliphatic heterocycles. The van der Waals surface area contributed by atoms with Gasteiger partial charge in [-0.15, -0.1) is 0 Å². The molecule has 1 aliphatic carbocycles. The largest absolute Gasteiger partial charge is 0.329 e. The topological polar surface area (TPSA) is 32.5 Å². The molecule has 0 bridgehead atoms. The Hall–Kier alpha value is -0.120. The van der Waals surface area contributed by atoms with Crippen molar-refractivity contribution in [2.45, 2.75) is 38.1 Å². The zero-order valence-electron chi connectivity index (χ0n) is 10.9. The van der Waals surface area contributed by atoms with Crippen LogP contribution in [0.25, 0.3) is 0 Å². The number of piperazine rings is 1. The zero-order chi connectivity index (χ0) is 11.6. The lowest BCUT2D eigenvalue weighted by Gasteiger charge is -2.52. The van der Waals surface area contributed by atoms with Gasteiger partial charge in [-0.25, -0.2) is 0 Å². The van der Waals surface area contributed by atoms with Gasteiger partial charge in [0.25, 0.3) is 0 Å². The van der Waals surface area contributed by atoms with Gasteiger partial charge in [0.05, 0.1) is 0 Å². The molecule has 1 saturated heterocycles. The van der Waals surface area contributed by atoms with Crippen LogP contribution in [0.3, 0.4) is 0 Å². The van der Waals surface area contributed by atoms with E-state index in [-0.39, 0.29) is 0 Å². The van der Waals surface area contributed by atoms with Crippen molar-refractivity contribution in [1.82, 2.24) is 9.80 Å². The van der Waals surface area contributed by atoms with Crippen LogP contribution in [0.5, 0.6) is 0 Å². The number of hydrogen-bond acceptors (Lipinski definition) is 3. The highest BCUT2D eigenvalue weighted by molar-refractivity contribution is 4.99. The lowest BCUT2D eigenvalue weighted by atomic mass is 9.72. The molecule has 3 heteroatoms. The molecule has 16 heavy (non-hydrogen) atoms. The summed E-state index contributed by atoms with van der Waals surface area (Å²) in [6, 6.07) is 0. The molecule has 3 nitrogen and oxygen atoms in total. The van der Waals surface area contributed by atoms with Gasteiger partial charge in [0, 0.05) is 38.3 Å². The summed E-state index contributed by atoms with van der Waals surface area (Å²) < 4.78 is 0. The van der Waals surface area contributed by atoms with Crippen molar-refractivity contribution in [2.75, 3.05) is 39.8 Å². The van der Waals surface area contributed by atoms with Crippen LogP contribution in [0, 0.1) is 5.92 Å². The molecule has 1 saturated carbocycles. The fourth-order valence-electron chi connectivity index (χ4n) is 3.55. The second-order valence-corrected chi connectivity index (χ2v) is 5.74. The van der Waals surface area contributed by atoms with E-state index in [1.807, 2.05) is 0 Å². The van der Waals surface area contributed by atoms with Crippen molar-refractivity contribution in [3.05, 3.63) is 0 Å². The van der Waals surface area contributed by atoms with Crippen molar-refractivity contribution in [2.24, 2.45) is 11.7 Å². The number of likely N-dealkylation sites (N-methyl/N-ethyl adjacent to an activating group) is 1. The average Bonchev–Trinajstić information content (AvgIpc) is 2.31. The summed E-state index contributed by atoms with van der Waals surface area (Å²) in [6.45, 7) is 8.07. The van der Waals surface area contributed by atoms with Crippen LogP contribution in [0.15, 0.2) is 0 Å². The predicted octanol–water partition coefficient (Wildman–Crippen LogP) is 1.14. The van der Waals surface area contributed by atoms with E-state index in [9.17, 15) is 0 Å². The van der Waals surface area contributed by atoms with E-state index >= 15 is 0 Å². The van der Waals surface area contributed by atoms with Crippen molar-refractivity contribution in [3.63, 3.8) is 0 Å². The van der Waals surface area contributed by atoms with Crippen molar-refractivity contribution < 1.29 is 0 Å². The van der Waals surface area contributed by atoms with Crippen LogP contribution in [-0.4, -0.2) is 55.1 Å². The molecule has 1 heterocycles. The minimum absolute atomic E-state index is 0.319. The Kier molecular flexibility index (Phi) is 3.88. The van der Waals surface area contributed by atoms with Crippen LogP contribution in [0.2, 0.25) is 0 Å². The molecular formula is C13H27N3. The maximum absolute atomic E-state index is 6.14. The van der Waals surface area contributed by atoms with Gasteiger partial charge in [-0.3, -0.25) is 4.90 Å². The minimum atomic E-state index is 0.319. The predicted molar refractivity (Wildman–Crippen MR) is 68.5 cm³/mol. The molecule has 94 valence electrons. The van der Waals surface area contributed by atoms with Gasteiger partial charge in [0.2, 0.25) is 0 Å². The first-order chi connectivity index (χ1) is 7.69. The summed E-state index contributed by atoms with van der Waals surface area (Å²) in [5, 5.41) is 0. The standard InChI is InChI=1S/C13H27N3/c1-12-5-3-4-6-13(12,11-14)16-9-7-15(2)8-10-16/h12H,3-11,14H2,1-2H3. The van der Waals surface area contributed by atoms with Crippen LogP contribution in [0.1, 0.15) is 32.6 Å². The van der Waals surface area contributed by atoms with E-state index in [2.05, 4.69) is 23.8 Å². The second-order valence-electron chi connectivity index (χ2n) is 5.74. The summed E-state index contributed by atoms with van der Waals surface area (Å²) in [7, 11) is 2.22. The normalized spacial score (nSPS) is 38.8. The maximum atomic E-state index is 6.14. The van der Waals surface area contributed by atoms with E-state index in [0.717, 1.165) is 12.5 Å². The highest BCUT2D eigenvalue weighted by atomic mass is 15.3. The summed E-state index contributed by atoms with van der Waals surface area (Å²) in [5.74, 6) is 0.773. The molecule has 2 aliphatic rings. The lowest BCUT2D eigenvalue weighted by Crippen LogP contribution is -2.63. The molecule has 2 fully saturated rings. The first-order valence-corrected chi connectivity index (χ1v) is 6.83. The fourth-order valence-corrected chi connectivity index (χ4v) is 3.55. The first-order valence-electron chi connectivity index (χ1n) is 6.83. The average molecular weight is 225 g/mol. The Balaban J connectivity index is 2.07. The minimum Gasteiger partial charge on any atom is -0.329 e. The fraction of sp³-hybridized carbons (Fsp3) is 1.00. The molecule has 0 amide bonds. The van der Waals surface area contributed by atoms with Gasteiger partial charge in [-0.05, 0) is 25.8 Å². The van der Waals surface area contributed by atoms with Crippen molar-refractivity contribution in [3.8, 4) is 0 Å². The Bertz CT molecular complexity index is 223. The van der Waals surface area contributed by atoms with Gasteiger partial charge in [-0.2, -0.15) is 0 Å². The van der Waals surface area contributed by atoms with E-state index in [1.54, 1.807) is 0 Å². The Morgan fingerprint density at radius 1 is 1.19 bits per heavy atom. The smallest absolute Gasteiger partial charge is 0.0358 e. The molecule has 0 aromatic rings. The Morgan fingerprint density at radius 2 is 1.88 bits per heavy atom. The summed E-state index contributed by atoms with van der Waals surface area (Å²) in [5.41, 5.74) is 6.46. The Morgan fingerprint density at radius 3 is 2.44 bits per heavy atom. The first kappa shape index (κ1) is 12.3. The number of nitrogens with two attached hydrogens (primary N) is 1.